The molecule has 0 spiro atoms. The summed E-state index contributed by atoms with van der Waals surface area (Å²) in [6.07, 6.45) is 0.682. The molecule has 1 aromatic carbocycles. The highest BCUT2D eigenvalue weighted by molar-refractivity contribution is 7.17. The zero-order chi connectivity index (χ0) is 22.3. The molecule has 0 saturated carbocycles. The Hall–Kier alpha value is -3.53. The van der Waals surface area contributed by atoms with E-state index in [1.807, 2.05) is 0 Å². The lowest BCUT2D eigenvalue weighted by Gasteiger charge is -2.30. The summed E-state index contributed by atoms with van der Waals surface area (Å²) in [5.74, 6) is -0.664. The van der Waals surface area contributed by atoms with E-state index >= 15 is 0 Å². The second-order valence-electron chi connectivity index (χ2n) is 6.99. The largest absolute Gasteiger partial charge is 0.479 e. The molecule has 3 aromatic rings. The van der Waals surface area contributed by atoms with Gasteiger partial charge in [-0.1, -0.05) is 0 Å². The van der Waals surface area contributed by atoms with Gasteiger partial charge in [-0.2, -0.15) is 0 Å². The Labute approximate surface area is 180 Å². The number of carbonyl (C=O) groups excluding carboxylic acids is 3. The van der Waals surface area contributed by atoms with Crippen LogP contribution in [-0.4, -0.2) is 47.0 Å². The number of fused-ring (bicyclic) bond motifs is 2. The van der Waals surface area contributed by atoms with Crippen LogP contribution in [0.25, 0.3) is 10.2 Å². The molecule has 2 aromatic heterocycles. The van der Waals surface area contributed by atoms with E-state index in [0.29, 0.717) is 21.8 Å². The van der Waals surface area contributed by atoms with Crippen molar-refractivity contribution in [3.05, 3.63) is 51.4 Å². The molecule has 160 valence electrons. The Morgan fingerprint density at radius 3 is 2.81 bits per heavy atom. The van der Waals surface area contributed by atoms with Gasteiger partial charge in [-0.15, -0.1) is 11.3 Å². The summed E-state index contributed by atoms with van der Waals surface area (Å²) in [7, 11) is 1.62. The normalized spacial score (nSPS) is 15.5. The number of thiophene rings is 1. The Balaban J connectivity index is 1.66. The number of rotatable bonds is 5. The average molecular weight is 441 g/mol. The second kappa shape index (κ2) is 7.95. The first kappa shape index (κ1) is 20.7. The van der Waals surface area contributed by atoms with Gasteiger partial charge in [0.25, 0.3) is 11.5 Å². The Bertz CT molecular complexity index is 1280. The van der Waals surface area contributed by atoms with Crippen molar-refractivity contribution in [3.8, 4) is 5.75 Å². The number of likely N-dealkylation sites (N-methyl/N-ethyl adjacent to an activating group) is 1. The van der Waals surface area contributed by atoms with E-state index in [9.17, 15) is 19.2 Å². The monoisotopic (exact) mass is 441 g/mol. The lowest BCUT2D eigenvalue weighted by Crippen LogP contribution is -2.42. The van der Waals surface area contributed by atoms with Gasteiger partial charge >= 0.3 is 5.97 Å². The van der Waals surface area contributed by atoms with E-state index < -0.39 is 17.6 Å². The number of amides is 1. The third-order valence-electron chi connectivity index (χ3n) is 4.99. The van der Waals surface area contributed by atoms with E-state index in [4.69, 9.17) is 9.47 Å². The van der Waals surface area contributed by atoms with E-state index in [0.717, 1.165) is 15.9 Å². The average Bonchev–Trinajstić information content (AvgIpc) is 3.19. The van der Waals surface area contributed by atoms with Crippen LogP contribution < -0.4 is 15.2 Å². The van der Waals surface area contributed by atoms with Crippen molar-refractivity contribution in [2.75, 3.05) is 18.6 Å². The summed E-state index contributed by atoms with van der Waals surface area (Å²) < 4.78 is 11.7. The van der Waals surface area contributed by atoms with Crippen molar-refractivity contribution in [3.63, 3.8) is 0 Å². The lowest BCUT2D eigenvalue weighted by molar-refractivity contribution is -0.125. The van der Waals surface area contributed by atoms with Gasteiger partial charge in [0, 0.05) is 18.0 Å². The molecule has 0 fully saturated rings. The molecule has 0 aliphatic carbocycles. The number of carbonyl (C=O) groups is 3. The molecular formula is C21H19N3O6S. The standard InChI is InChI=1S/C21H19N3O6S/c1-4-29-21(28)13-9-31-18-17(13)20(27)24(10-22-18)8-15(25)12-5-6-16-14(7-12)23(3)19(26)11(2)30-16/h5-7,9-11H,4,8H2,1-3H3. The zero-order valence-corrected chi connectivity index (χ0v) is 17.9. The van der Waals surface area contributed by atoms with E-state index in [1.54, 1.807) is 39.1 Å². The number of hydrogen-bond donors (Lipinski definition) is 0. The van der Waals surface area contributed by atoms with Crippen molar-refractivity contribution < 1.29 is 23.9 Å². The highest BCUT2D eigenvalue weighted by atomic mass is 32.1. The van der Waals surface area contributed by atoms with Crippen LogP contribution in [0.1, 0.15) is 34.6 Å². The molecular weight excluding hydrogens is 422 g/mol. The molecule has 1 aliphatic rings. The second-order valence-corrected chi connectivity index (χ2v) is 7.85. The molecule has 1 unspecified atom stereocenters. The fourth-order valence-electron chi connectivity index (χ4n) is 3.37. The molecule has 0 radical (unpaired) electrons. The summed E-state index contributed by atoms with van der Waals surface area (Å²) in [5.41, 5.74) is 0.447. The number of nitrogens with zero attached hydrogens (tertiary/aromatic N) is 3. The summed E-state index contributed by atoms with van der Waals surface area (Å²) in [5, 5.41) is 1.66. The van der Waals surface area contributed by atoms with Gasteiger partial charge < -0.3 is 14.4 Å². The van der Waals surface area contributed by atoms with Gasteiger partial charge in [-0.3, -0.25) is 19.0 Å². The van der Waals surface area contributed by atoms with Crippen molar-refractivity contribution in [2.45, 2.75) is 26.5 Å². The summed E-state index contributed by atoms with van der Waals surface area (Å²) >= 11 is 1.16. The molecule has 0 saturated heterocycles. The minimum absolute atomic E-state index is 0.136. The zero-order valence-electron chi connectivity index (χ0n) is 17.1. The van der Waals surface area contributed by atoms with Gasteiger partial charge in [-0.05, 0) is 32.0 Å². The smallest absolute Gasteiger partial charge is 0.339 e. The predicted octanol–water partition coefficient (Wildman–Crippen LogP) is 2.26. The lowest BCUT2D eigenvalue weighted by atomic mass is 10.1. The van der Waals surface area contributed by atoms with Gasteiger partial charge in [-0.25, -0.2) is 9.78 Å². The minimum atomic E-state index is -0.603. The SMILES string of the molecule is CCOC(=O)c1csc2ncn(CC(=O)c3ccc4c(c3)N(C)C(=O)C(C)O4)c(=O)c12. The fraction of sp³-hybridized carbons (Fsp3) is 0.286. The molecule has 10 heteroatoms. The Morgan fingerprint density at radius 1 is 1.29 bits per heavy atom. The molecule has 1 atom stereocenters. The molecule has 1 aliphatic heterocycles. The molecule has 31 heavy (non-hydrogen) atoms. The quantitative estimate of drug-likeness (QED) is 0.441. The van der Waals surface area contributed by atoms with Crippen molar-refractivity contribution in [2.24, 2.45) is 0 Å². The minimum Gasteiger partial charge on any atom is -0.479 e. The number of Topliss-reactive ketones (excluding diaryl/α,β-unsaturated/α-hetero) is 1. The number of esters is 1. The number of hydrogen-bond acceptors (Lipinski definition) is 8. The maximum atomic E-state index is 12.9. The first-order valence-electron chi connectivity index (χ1n) is 9.57. The molecule has 9 nitrogen and oxygen atoms in total. The number of benzene rings is 1. The van der Waals surface area contributed by atoms with Crippen LogP contribution in [0.5, 0.6) is 5.75 Å². The van der Waals surface area contributed by atoms with E-state index in [2.05, 4.69) is 4.98 Å². The van der Waals surface area contributed by atoms with Gasteiger partial charge in [0.2, 0.25) is 0 Å². The molecule has 0 bridgehead atoms. The number of aromatic nitrogens is 2. The van der Waals surface area contributed by atoms with Crippen molar-refractivity contribution >= 4 is 44.9 Å². The topological polar surface area (TPSA) is 108 Å². The highest BCUT2D eigenvalue weighted by Crippen LogP contribution is 2.34. The van der Waals surface area contributed by atoms with Crippen LogP contribution in [0.15, 0.2) is 34.7 Å². The van der Waals surface area contributed by atoms with Crippen LogP contribution in [0, 0.1) is 0 Å². The summed E-state index contributed by atoms with van der Waals surface area (Å²) in [6.45, 7) is 3.25. The van der Waals surface area contributed by atoms with Gasteiger partial charge in [0.15, 0.2) is 11.9 Å². The first-order chi connectivity index (χ1) is 14.8. The molecule has 4 rings (SSSR count). The summed E-state index contributed by atoms with van der Waals surface area (Å²) in [6, 6.07) is 4.78. The number of anilines is 1. The third kappa shape index (κ3) is 3.59. The van der Waals surface area contributed by atoms with Crippen molar-refractivity contribution in [1.29, 1.82) is 0 Å². The van der Waals surface area contributed by atoms with Crippen LogP contribution in [0.3, 0.4) is 0 Å². The summed E-state index contributed by atoms with van der Waals surface area (Å²) in [4.78, 5) is 56.2. The Kier molecular flexibility index (Phi) is 5.32. The van der Waals surface area contributed by atoms with E-state index in [-0.39, 0.29) is 35.8 Å². The first-order valence-corrected chi connectivity index (χ1v) is 10.4. The van der Waals surface area contributed by atoms with Crippen LogP contribution >= 0.6 is 11.3 Å². The van der Waals surface area contributed by atoms with Crippen LogP contribution in [0.2, 0.25) is 0 Å². The highest BCUT2D eigenvalue weighted by Gasteiger charge is 2.29. The van der Waals surface area contributed by atoms with E-state index in [1.165, 1.54) is 16.6 Å². The van der Waals surface area contributed by atoms with Gasteiger partial charge in [0.1, 0.15) is 10.6 Å². The Morgan fingerprint density at radius 2 is 2.06 bits per heavy atom. The number of ketones is 1. The maximum Gasteiger partial charge on any atom is 0.339 e. The maximum absolute atomic E-state index is 12.9. The molecule has 1 amide bonds. The van der Waals surface area contributed by atoms with Crippen LogP contribution in [-0.2, 0) is 16.1 Å². The van der Waals surface area contributed by atoms with Crippen LogP contribution in [0.4, 0.5) is 5.69 Å². The molecule has 0 N–H and O–H groups in total. The van der Waals surface area contributed by atoms with Crippen molar-refractivity contribution in [1.82, 2.24) is 9.55 Å². The fourth-order valence-corrected chi connectivity index (χ4v) is 4.24. The number of ether oxygens (including phenoxy) is 2. The van der Waals surface area contributed by atoms with Gasteiger partial charge in [0.05, 0.1) is 36.1 Å². The predicted molar refractivity (Wildman–Crippen MR) is 114 cm³/mol. The third-order valence-corrected chi connectivity index (χ3v) is 5.88. The molecule has 3 heterocycles.